The van der Waals surface area contributed by atoms with Crippen molar-refractivity contribution >= 4 is 5.97 Å². The average Bonchev–Trinajstić information content (AvgIpc) is 2.56. The van der Waals surface area contributed by atoms with Gasteiger partial charge in [-0.3, -0.25) is 4.79 Å². The van der Waals surface area contributed by atoms with E-state index in [-0.39, 0.29) is 12.1 Å². The second-order valence-electron chi connectivity index (χ2n) is 8.07. The molecule has 0 aliphatic rings. The van der Waals surface area contributed by atoms with E-state index in [9.17, 15) is 4.79 Å². The zero-order valence-electron chi connectivity index (χ0n) is 17.7. The SMILES string of the molecule is CCCCCC/C=C\CCCCCCCC(=O)OC(C(C)C)C(C)C. The van der Waals surface area contributed by atoms with Crippen LogP contribution in [0.25, 0.3) is 0 Å². The van der Waals surface area contributed by atoms with Gasteiger partial charge in [0, 0.05) is 6.42 Å². The molecule has 2 nitrogen and oxygen atoms in total. The van der Waals surface area contributed by atoms with E-state index in [0.717, 1.165) is 12.8 Å². The van der Waals surface area contributed by atoms with Crippen LogP contribution in [0.5, 0.6) is 0 Å². The average molecular weight is 353 g/mol. The van der Waals surface area contributed by atoms with Gasteiger partial charge in [-0.25, -0.2) is 0 Å². The summed E-state index contributed by atoms with van der Waals surface area (Å²) in [6.45, 7) is 10.7. The number of carbonyl (C=O) groups excluding carboxylic acids is 1. The molecular weight excluding hydrogens is 308 g/mol. The van der Waals surface area contributed by atoms with Gasteiger partial charge in [0.05, 0.1) is 0 Å². The maximum absolute atomic E-state index is 11.9. The van der Waals surface area contributed by atoms with Gasteiger partial charge in [0.1, 0.15) is 6.10 Å². The Hall–Kier alpha value is -0.790. The summed E-state index contributed by atoms with van der Waals surface area (Å²) in [7, 11) is 0. The van der Waals surface area contributed by atoms with E-state index in [1.807, 2.05) is 0 Å². The number of rotatable bonds is 16. The van der Waals surface area contributed by atoms with Crippen molar-refractivity contribution in [2.24, 2.45) is 11.8 Å². The highest BCUT2D eigenvalue weighted by atomic mass is 16.5. The summed E-state index contributed by atoms with van der Waals surface area (Å²) in [4.78, 5) is 11.9. The first-order valence-electron chi connectivity index (χ1n) is 10.8. The Balaban J connectivity index is 3.48. The standard InChI is InChI=1S/C23H44O2/c1-6-7-8-9-10-11-12-13-14-15-16-17-18-19-22(24)25-23(20(2)3)21(4)5/h11-12,20-21,23H,6-10,13-19H2,1-5H3/b12-11-. The van der Waals surface area contributed by atoms with Gasteiger partial charge in [0.15, 0.2) is 0 Å². The number of esters is 1. The molecule has 0 aromatic heterocycles. The molecule has 0 aliphatic heterocycles. The minimum absolute atomic E-state index is 0.0154. The molecule has 0 aromatic carbocycles. The Bertz CT molecular complexity index is 323. The first kappa shape index (κ1) is 24.2. The van der Waals surface area contributed by atoms with E-state index in [2.05, 4.69) is 46.8 Å². The fraction of sp³-hybridized carbons (Fsp3) is 0.870. The summed E-state index contributed by atoms with van der Waals surface area (Å²) >= 11 is 0. The molecule has 0 N–H and O–H groups in total. The highest BCUT2D eigenvalue weighted by Crippen LogP contribution is 2.17. The molecule has 0 fully saturated rings. The normalized spacial score (nSPS) is 12.0. The fourth-order valence-corrected chi connectivity index (χ4v) is 3.24. The summed E-state index contributed by atoms with van der Waals surface area (Å²) < 4.78 is 5.63. The van der Waals surface area contributed by atoms with Gasteiger partial charge in [-0.2, -0.15) is 0 Å². The van der Waals surface area contributed by atoms with Crippen LogP contribution in [0.1, 0.15) is 112 Å². The van der Waals surface area contributed by atoms with E-state index in [1.165, 1.54) is 57.8 Å². The molecule has 25 heavy (non-hydrogen) atoms. The number of ether oxygens (including phenoxy) is 1. The van der Waals surface area contributed by atoms with Crippen LogP contribution in [0.4, 0.5) is 0 Å². The zero-order valence-corrected chi connectivity index (χ0v) is 17.7. The van der Waals surface area contributed by atoms with Crippen molar-refractivity contribution in [1.29, 1.82) is 0 Å². The molecule has 0 saturated heterocycles. The third kappa shape index (κ3) is 15.2. The molecule has 0 rings (SSSR count). The molecule has 0 aromatic rings. The third-order valence-electron chi connectivity index (χ3n) is 4.72. The van der Waals surface area contributed by atoms with Crippen molar-refractivity contribution in [3.05, 3.63) is 12.2 Å². The summed E-state index contributed by atoms with van der Waals surface area (Å²) in [6, 6.07) is 0. The number of hydrogen-bond donors (Lipinski definition) is 0. The predicted octanol–water partition coefficient (Wildman–Crippen LogP) is 7.47. The van der Waals surface area contributed by atoms with Crippen molar-refractivity contribution in [1.82, 2.24) is 0 Å². The van der Waals surface area contributed by atoms with Gasteiger partial charge >= 0.3 is 5.97 Å². The van der Waals surface area contributed by atoms with E-state index < -0.39 is 0 Å². The topological polar surface area (TPSA) is 26.3 Å². The zero-order chi connectivity index (χ0) is 18.9. The van der Waals surface area contributed by atoms with Gasteiger partial charge in [-0.1, -0.05) is 85.3 Å². The molecule has 0 atom stereocenters. The van der Waals surface area contributed by atoms with Crippen LogP contribution >= 0.6 is 0 Å². The first-order valence-corrected chi connectivity index (χ1v) is 10.8. The molecule has 148 valence electrons. The Kier molecular flexibility index (Phi) is 16.1. The lowest BCUT2D eigenvalue weighted by Crippen LogP contribution is -2.28. The minimum atomic E-state index is -0.0154. The van der Waals surface area contributed by atoms with Crippen LogP contribution in [0, 0.1) is 11.8 Å². The molecule has 0 heterocycles. The number of allylic oxidation sites excluding steroid dienone is 2. The summed E-state index contributed by atoms with van der Waals surface area (Å²) in [6.07, 6.45) is 19.1. The predicted molar refractivity (Wildman–Crippen MR) is 110 cm³/mol. The Morgan fingerprint density at radius 3 is 1.76 bits per heavy atom. The number of carbonyl (C=O) groups is 1. The van der Waals surface area contributed by atoms with Crippen molar-refractivity contribution < 1.29 is 9.53 Å². The molecule has 0 radical (unpaired) electrons. The number of hydrogen-bond acceptors (Lipinski definition) is 2. The fourth-order valence-electron chi connectivity index (χ4n) is 3.24. The van der Waals surface area contributed by atoms with E-state index in [0.29, 0.717) is 18.3 Å². The van der Waals surface area contributed by atoms with Gasteiger partial charge in [0.25, 0.3) is 0 Å². The summed E-state index contributed by atoms with van der Waals surface area (Å²) in [5, 5.41) is 0. The van der Waals surface area contributed by atoms with Gasteiger partial charge in [-0.05, 0) is 43.9 Å². The second-order valence-corrected chi connectivity index (χ2v) is 8.07. The summed E-state index contributed by atoms with van der Waals surface area (Å²) in [5.74, 6) is 0.769. The molecule has 2 heteroatoms. The van der Waals surface area contributed by atoms with Gasteiger partial charge in [-0.15, -0.1) is 0 Å². The van der Waals surface area contributed by atoms with Crippen molar-refractivity contribution in [3.63, 3.8) is 0 Å². The maximum Gasteiger partial charge on any atom is 0.306 e. The van der Waals surface area contributed by atoms with Crippen LogP contribution in [0.15, 0.2) is 12.2 Å². The number of unbranched alkanes of at least 4 members (excludes halogenated alkanes) is 9. The third-order valence-corrected chi connectivity index (χ3v) is 4.72. The Morgan fingerprint density at radius 2 is 1.24 bits per heavy atom. The van der Waals surface area contributed by atoms with E-state index >= 15 is 0 Å². The second kappa shape index (κ2) is 16.7. The lowest BCUT2D eigenvalue weighted by Gasteiger charge is -2.24. The highest BCUT2D eigenvalue weighted by Gasteiger charge is 2.21. The Labute approximate surface area is 157 Å². The summed E-state index contributed by atoms with van der Waals surface area (Å²) in [5.41, 5.74) is 0. The van der Waals surface area contributed by atoms with Crippen molar-refractivity contribution in [3.8, 4) is 0 Å². The lowest BCUT2D eigenvalue weighted by atomic mass is 9.96. The maximum atomic E-state index is 11.9. The van der Waals surface area contributed by atoms with Crippen LogP contribution in [0.2, 0.25) is 0 Å². The highest BCUT2D eigenvalue weighted by molar-refractivity contribution is 5.69. The van der Waals surface area contributed by atoms with Gasteiger partial charge in [0.2, 0.25) is 0 Å². The largest absolute Gasteiger partial charge is 0.462 e. The molecule has 0 bridgehead atoms. The van der Waals surface area contributed by atoms with Crippen LogP contribution in [-0.4, -0.2) is 12.1 Å². The molecular formula is C23H44O2. The molecule has 0 saturated carbocycles. The van der Waals surface area contributed by atoms with Crippen LogP contribution < -0.4 is 0 Å². The van der Waals surface area contributed by atoms with E-state index in [1.54, 1.807) is 0 Å². The quantitative estimate of drug-likeness (QED) is 0.164. The monoisotopic (exact) mass is 352 g/mol. The molecule has 0 amide bonds. The molecule has 0 spiro atoms. The van der Waals surface area contributed by atoms with Crippen LogP contribution in [-0.2, 0) is 9.53 Å². The van der Waals surface area contributed by atoms with Gasteiger partial charge < -0.3 is 4.74 Å². The lowest BCUT2D eigenvalue weighted by molar-refractivity contribution is -0.154. The molecule has 0 aliphatic carbocycles. The smallest absolute Gasteiger partial charge is 0.306 e. The van der Waals surface area contributed by atoms with Crippen LogP contribution in [0.3, 0.4) is 0 Å². The Morgan fingerprint density at radius 1 is 0.760 bits per heavy atom. The minimum Gasteiger partial charge on any atom is -0.462 e. The van der Waals surface area contributed by atoms with E-state index in [4.69, 9.17) is 4.74 Å². The van der Waals surface area contributed by atoms with Crippen molar-refractivity contribution in [2.45, 2.75) is 118 Å². The molecule has 0 unspecified atom stereocenters. The van der Waals surface area contributed by atoms with Crippen molar-refractivity contribution in [2.75, 3.05) is 0 Å². The first-order chi connectivity index (χ1) is 12.0.